The molecule has 0 spiro atoms. The molecule has 1 rings (SSSR count). The van der Waals surface area contributed by atoms with Crippen LogP contribution in [0.3, 0.4) is 0 Å². The predicted molar refractivity (Wildman–Crippen MR) is 62.6 cm³/mol. The van der Waals surface area contributed by atoms with Gasteiger partial charge in [-0.05, 0) is 5.56 Å². The molecule has 1 aromatic carbocycles. The molecule has 1 N–H and O–H groups in total. The molecular weight excluding hydrogens is 274 g/mol. The number of aliphatic hydroxyl groups is 1. The average molecular weight is 284 g/mol. The fraction of sp³-hybridized carbons (Fsp3) is 0.300. The number of methoxy groups -OCH3 is 1. The van der Waals surface area contributed by atoms with Crippen LogP contribution in [-0.2, 0) is 15.1 Å². The van der Waals surface area contributed by atoms with Crippen molar-refractivity contribution >= 4 is 40.8 Å². The third kappa shape index (κ3) is 2.28. The van der Waals surface area contributed by atoms with E-state index >= 15 is 0 Å². The van der Waals surface area contributed by atoms with Crippen molar-refractivity contribution in [2.24, 2.45) is 0 Å². The minimum atomic E-state index is -2.33. The van der Waals surface area contributed by atoms with Gasteiger partial charge in [-0.15, -0.1) is 0 Å². The Hall–Kier alpha value is -0.480. The first kappa shape index (κ1) is 13.6. The van der Waals surface area contributed by atoms with E-state index in [1.807, 2.05) is 0 Å². The molecule has 6 heteroatoms. The molecule has 1 aromatic rings. The summed E-state index contributed by atoms with van der Waals surface area (Å²) in [5.41, 5.74) is -2.17. The minimum absolute atomic E-state index is 0.154. The Morgan fingerprint density at radius 1 is 1.25 bits per heavy atom. The first-order valence-electron chi connectivity index (χ1n) is 4.27. The van der Waals surface area contributed by atoms with Crippen LogP contribution in [0.15, 0.2) is 30.3 Å². The number of carbonyl (C=O) groups is 1. The maximum atomic E-state index is 11.6. The Morgan fingerprint density at radius 2 is 1.75 bits per heavy atom. The molecule has 0 aromatic heterocycles. The fourth-order valence-electron chi connectivity index (χ4n) is 1.22. The van der Waals surface area contributed by atoms with Crippen molar-refractivity contribution in [2.75, 3.05) is 7.11 Å². The summed E-state index contributed by atoms with van der Waals surface area (Å²) < 4.78 is 2.23. The molecule has 88 valence electrons. The monoisotopic (exact) mass is 282 g/mol. The lowest BCUT2D eigenvalue weighted by atomic mass is 9.95. The van der Waals surface area contributed by atoms with E-state index < -0.39 is 15.4 Å². The zero-order valence-electron chi connectivity index (χ0n) is 8.28. The van der Waals surface area contributed by atoms with Crippen molar-refractivity contribution in [3.05, 3.63) is 35.9 Å². The first-order chi connectivity index (χ1) is 7.34. The van der Waals surface area contributed by atoms with Crippen molar-refractivity contribution in [1.82, 2.24) is 0 Å². The summed E-state index contributed by atoms with van der Waals surface area (Å²) >= 11 is 16.9. The molecule has 0 heterocycles. The van der Waals surface area contributed by atoms with Crippen LogP contribution >= 0.6 is 34.8 Å². The highest BCUT2D eigenvalue weighted by Crippen LogP contribution is 2.45. The third-order valence-electron chi connectivity index (χ3n) is 2.08. The summed E-state index contributed by atoms with van der Waals surface area (Å²) in [6.07, 6.45) is 0. The van der Waals surface area contributed by atoms with Crippen molar-refractivity contribution < 1.29 is 14.6 Å². The molecule has 3 nitrogen and oxygen atoms in total. The molecule has 0 fully saturated rings. The lowest BCUT2D eigenvalue weighted by Crippen LogP contribution is -2.48. The number of benzene rings is 1. The van der Waals surface area contributed by atoms with Crippen LogP contribution in [0, 0.1) is 0 Å². The predicted octanol–water partition coefficient (Wildman–Crippen LogP) is 2.42. The molecule has 0 aliphatic rings. The maximum Gasteiger partial charge on any atom is 0.347 e. The van der Waals surface area contributed by atoms with Gasteiger partial charge in [-0.3, -0.25) is 0 Å². The molecule has 0 amide bonds. The van der Waals surface area contributed by atoms with Crippen LogP contribution in [0.4, 0.5) is 0 Å². The second-order valence-corrected chi connectivity index (χ2v) is 5.35. The fourth-order valence-corrected chi connectivity index (χ4v) is 1.78. The van der Waals surface area contributed by atoms with Gasteiger partial charge in [-0.25, -0.2) is 4.79 Å². The summed E-state index contributed by atoms with van der Waals surface area (Å²) in [6.45, 7) is 0. The summed E-state index contributed by atoms with van der Waals surface area (Å²) in [6, 6.07) is 7.87. The van der Waals surface area contributed by atoms with Crippen molar-refractivity contribution in [3.63, 3.8) is 0 Å². The average Bonchev–Trinajstić information content (AvgIpc) is 2.26. The van der Waals surface area contributed by atoms with E-state index in [9.17, 15) is 9.90 Å². The highest BCUT2D eigenvalue weighted by Gasteiger charge is 2.55. The number of ether oxygens (including phenoxy) is 1. The number of alkyl halides is 3. The second-order valence-electron chi connectivity index (χ2n) is 3.07. The highest BCUT2D eigenvalue weighted by molar-refractivity contribution is 6.69. The molecular formula is C10H9Cl3O3. The molecule has 0 bridgehead atoms. The van der Waals surface area contributed by atoms with E-state index in [1.54, 1.807) is 18.2 Å². The standard InChI is InChI=1S/C10H9Cl3O3/c1-16-8(14)9(15,10(11,12)13)7-5-3-2-4-6-7/h2-6,15H,1H3/t9-/m1/s1. The van der Waals surface area contributed by atoms with Gasteiger partial charge in [0.1, 0.15) is 0 Å². The lowest BCUT2D eigenvalue weighted by molar-refractivity contribution is -0.163. The number of rotatable bonds is 2. The molecule has 16 heavy (non-hydrogen) atoms. The molecule has 0 aliphatic heterocycles. The Bertz CT molecular complexity index is 375. The van der Waals surface area contributed by atoms with Gasteiger partial charge < -0.3 is 9.84 Å². The summed E-state index contributed by atoms with van der Waals surface area (Å²) in [5, 5.41) is 10.2. The van der Waals surface area contributed by atoms with Gasteiger partial charge in [0.15, 0.2) is 0 Å². The number of hydrogen-bond acceptors (Lipinski definition) is 3. The number of carbonyl (C=O) groups excluding carboxylic acids is 1. The Kier molecular flexibility index (Phi) is 4.07. The largest absolute Gasteiger partial charge is 0.466 e. The van der Waals surface area contributed by atoms with Gasteiger partial charge in [-0.1, -0.05) is 65.1 Å². The summed E-state index contributed by atoms with van der Waals surface area (Å²) in [7, 11) is 1.10. The van der Waals surface area contributed by atoms with Crippen molar-refractivity contribution in [1.29, 1.82) is 0 Å². The molecule has 0 unspecified atom stereocenters. The lowest BCUT2D eigenvalue weighted by Gasteiger charge is -2.31. The van der Waals surface area contributed by atoms with Gasteiger partial charge >= 0.3 is 5.97 Å². The van der Waals surface area contributed by atoms with Crippen LogP contribution in [0.2, 0.25) is 0 Å². The topological polar surface area (TPSA) is 46.5 Å². The molecule has 0 saturated carbocycles. The zero-order chi connectivity index (χ0) is 12.4. The molecule has 0 saturated heterocycles. The number of esters is 1. The van der Waals surface area contributed by atoms with E-state index in [4.69, 9.17) is 34.8 Å². The molecule has 0 radical (unpaired) electrons. The van der Waals surface area contributed by atoms with Gasteiger partial charge in [0.2, 0.25) is 9.39 Å². The van der Waals surface area contributed by atoms with Crippen LogP contribution < -0.4 is 0 Å². The second kappa shape index (κ2) is 4.80. The van der Waals surface area contributed by atoms with Crippen LogP contribution in [0.5, 0.6) is 0 Å². The Morgan fingerprint density at radius 3 is 2.12 bits per heavy atom. The van der Waals surface area contributed by atoms with E-state index in [1.165, 1.54) is 12.1 Å². The van der Waals surface area contributed by atoms with Crippen LogP contribution in [0.25, 0.3) is 0 Å². The van der Waals surface area contributed by atoms with Crippen molar-refractivity contribution in [2.45, 2.75) is 9.39 Å². The number of hydrogen-bond donors (Lipinski definition) is 1. The first-order valence-corrected chi connectivity index (χ1v) is 5.40. The number of halogens is 3. The SMILES string of the molecule is COC(=O)[C@](O)(c1ccccc1)C(Cl)(Cl)Cl. The Balaban J connectivity index is 3.32. The van der Waals surface area contributed by atoms with E-state index in [-0.39, 0.29) is 5.56 Å². The van der Waals surface area contributed by atoms with E-state index in [0.29, 0.717) is 0 Å². The van der Waals surface area contributed by atoms with Gasteiger partial charge in [0, 0.05) is 0 Å². The van der Waals surface area contributed by atoms with Crippen LogP contribution in [0.1, 0.15) is 5.56 Å². The summed E-state index contributed by atoms with van der Waals surface area (Å²) in [4.78, 5) is 11.6. The van der Waals surface area contributed by atoms with E-state index in [0.717, 1.165) is 7.11 Å². The zero-order valence-corrected chi connectivity index (χ0v) is 10.6. The van der Waals surface area contributed by atoms with Crippen molar-refractivity contribution in [3.8, 4) is 0 Å². The smallest absolute Gasteiger partial charge is 0.347 e. The molecule has 1 atom stereocenters. The van der Waals surface area contributed by atoms with Gasteiger partial charge in [0.05, 0.1) is 7.11 Å². The highest BCUT2D eigenvalue weighted by atomic mass is 35.6. The van der Waals surface area contributed by atoms with Gasteiger partial charge in [0.25, 0.3) is 0 Å². The van der Waals surface area contributed by atoms with Crippen LogP contribution in [-0.4, -0.2) is 22.0 Å². The summed E-state index contributed by atoms with van der Waals surface area (Å²) in [5.74, 6) is -1.03. The normalized spacial score (nSPS) is 15.3. The quantitative estimate of drug-likeness (QED) is 0.670. The van der Waals surface area contributed by atoms with E-state index in [2.05, 4.69) is 4.74 Å². The molecule has 0 aliphatic carbocycles. The maximum absolute atomic E-state index is 11.6. The minimum Gasteiger partial charge on any atom is -0.466 e. The Labute approximate surface area is 108 Å². The third-order valence-corrected chi connectivity index (χ3v) is 2.90. The van der Waals surface area contributed by atoms with Gasteiger partial charge in [-0.2, -0.15) is 0 Å².